The minimum absolute atomic E-state index is 0.0150. The molecule has 0 radical (unpaired) electrons. The van der Waals surface area contributed by atoms with E-state index in [0.29, 0.717) is 19.4 Å². The van der Waals surface area contributed by atoms with Gasteiger partial charge in [-0.05, 0) is 54.8 Å². The molecule has 8 heteroatoms. The van der Waals surface area contributed by atoms with E-state index < -0.39 is 21.9 Å². The van der Waals surface area contributed by atoms with Gasteiger partial charge in [0.05, 0.1) is 12.0 Å². The minimum atomic E-state index is -3.85. The minimum Gasteiger partial charge on any atom is -0.497 e. The summed E-state index contributed by atoms with van der Waals surface area (Å²) < 4.78 is 45.0. The molecule has 1 fully saturated rings. The van der Waals surface area contributed by atoms with Crippen LogP contribution in [0.4, 0.5) is 4.39 Å². The van der Waals surface area contributed by atoms with Crippen molar-refractivity contribution in [2.75, 3.05) is 13.7 Å². The van der Waals surface area contributed by atoms with Gasteiger partial charge >= 0.3 is 0 Å². The molecule has 3 rings (SSSR count). The Labute approximate surface area is 158 Å². The smallest absolute Gasteiger partial charge is 0.243 e. The van der Waals surface area contributed by atoms with Gasteiger partial charge in [0.25, 0.3) is 0 Å². The first-order chi connectivity index (χ1) is 12.9. The number of nitrogens with zero attached hydrogens (tertiary/aromatic N) is 1. The fourth-order valence-electron chi connectivity index (χ4n) is 3.08. The van der Waals surface area contributed by atoms with Crippen LogP contribution in [0.2, 0.25) is 0 Å². The van der Waals surface area contributed by atoms with Crippen molar-refractivity contribution < 1.29 is 22.3 Å². The third kappa shape index (κ3) is 4.28. The van der Waals surface area contributed by atoms with E-state index >= 15 is 0 Å². The Morgan fingerprint density at radius 2 is 1.85 bits per heavy atom. The van der Waals surface area contributed by atoms with Crippen LogP contribution in [0.5, 0.6) is 5.75 Å². The molecule has 1 saturated heterocycles. The van der Waals surface area contributed by atoms with E-state index in [-0.39, 0.29) is 17.3 Å². The van der Waals surface area contributed by atoms with Crippen LogP contribution in [-0.4, -0.2) is 38.3 Å². The van der Waals surface area contributed by atoms with E-state index in [0.717, 1.165) is 23.4 Å². The Balaban J connectivity index is 1.69. The Morgan fingerprint density at radius 1 is 1.19 bits per heavy atom. The molecule has 0 aliphatic carbocycles. The number of carbonyl (C=O) groups excluding carboxylic acids is 1. The summed E-state index contributed by atoms with van der Waals surface area (Å²) in [7, 11) is -2.28. The average molecular weight is 392 g/mol. The van der Waals surface area contributed by atoms with E-state index in [2.05, 4.69) is 5.32 Å². The lowest BCUT2D eigenvalue weighted by molar-refractivity contribution is -0.124. The number of benzene rings is 2. The third-order valence-electron chi connectivity index (χ3n) is 4.55. The van der Waals surface area contributed by atoms with Crippen molar-refractivity contribution in [2.45, 2.75) is 30.3 Å². The molecular formula is C19H21FN2O4S. The Bertz CT molecular complexity index is 898. The van der Waals surface area contributed by atoms with Crippen LogP contribution in [-0.2, 0) is 21.4 Å². The number of ether oxygens (including phenoxy) is 1. The van der Waals surface area contributed by atoms with Gasteiger partial charge in [-0.3, -0.25) is 4.79 Å². The lowest BCUT2D eigenvalue weighted by atomic mass is 10.2. The maximum absolute atomic E-state index is 13.1. The zero-order valence-corrected chi connectivity index (χ0v) is 15.7. The van der Waals surface area contributed by atoms with Crippen molar-refractivity contribution in [3.8, 4) is 5.75 Å². The van der Waals surface area contributed by atoms with Gasteiger partial charge in [-0.1, -0.05) is 12.1 Å². The van der Waals surface area contributed by atoms with E-state index in [1.165, 1.54) is 16.4 Å². The predicted octanol–water partition coefficient (Wildman–Crippen LogP) is 2.30. The van der Waals surface area contributed by atoms with Crippen molar-refractivity contribution in [1.29, 1.82) is 0 Å². The number of methoxy groups -OCH3 is 1. The highest BCUT2D eigenvalue weighted by atomic mass is 32.2. The van der Waals surface area contributed by atoms with E-state index in [9.17, 15) is 17.6 Å². The van der Waals surface area contributed by atoms with Crippen LogP contribution in [0, 0.1) is 5.82 Å². The van der Waals surface area contributed by atoms with E-state index in [1.807, 2.05) is 12.1 Å². The predicted molar refractivity (Wildman–Crippen MR) is 98.2 cm³/mol. The zero-order valence-electron chi connectivity index (χ0n) is 14.9. The molecule has 1 amide bonds. The summed E-state index contributed by atoms with van der Waals surface area (Å²) in [5.74, 6) is -0.129. The summed E-state index contributed by atoms with van der Waals surface area (Å²) in [5.41, 5.74) is 0.884. The quantitative estimate of drug-likeness (QED) is 0.819. The summed E-state index contributed by atoms with van der Waals surface area (Å²) in [6.45, 7) is 0.560. The Morgan fingerprint density at radius 3 is 2.48 bits per heavy atom. The molecule has 144 valence electrons. The van der Waals surface area contributed by atoms with Gasteiger partial charge in [-0.25, -0.2) is 12.8 Å². The SMILES string of the molecule is COc1ccc(CNC(=O)[C@H]2CCCN2S(=O)(=O)c2ccc(F)cc2)cc1. The number of amides is 1. The second-order valence-corrected chi connectivity index (χ2v) is 8.18. The molecule has 27 heavy (non-hydrogen) atoms. The molecule has 1 atom stereocenters. The third-order valence-corrected chi connectivity index (χ3v) is 6.47. The van der Waals surface area contributed by atoms with Crippen LogP contribution >= 0.6 is 0 Å². The van der Waals surface area contributed by atoms with Crippen LogP contribution in [0.15, 0.2) is 53.4 Å². The molecule has 0 saturated carbocycles. The van der Waals surface area contributed by atoms with Crippen molar-refractivity contribution >= 4 is 15.9 Å². The largest absolute Gasteiger partial charge is 0.497 e. The van der Waals surface area contributed by atoms with Crippen molar-refractivity contribution in [3.63, 3.8) is 0 Å². The zero-order chi connectivity index (χ0) is 19.4. The molecule has 0 unspecified atom stereocenters. The lowest BCUT2D eigenvalue weighted by Crippen LogP contribution is -2.45. The number of rotatable bonds is 6. The van der Waals surface area contributed by atoms with E-state index in [1.54, 1.807) is 19.2 Å². The van der Waals surface area contributed by atoms with Gasteiger partial charge in [-0.15, -0.1) is 0 Å². The molecule has 0 aromatic heterocycles. The summed E-state index contributed by atoms with van der Waals surface area (Å²) in [6, 6.07) is 11.1. The highest BCUT2D eigenvalue weighted by Gasteiger charge is 2.39. The number of nitrogens with one attached hydrogen (secondary N) is 1. The van der Waals surface area contributed by atoms with Gasteiger partial charge in [0.2, 0.25) is 15.9 Å². The molecule has 1 heterocycles. The van der Waals surface area contributed by atoms with Gasteiger partial charge in [0.15, 0.2) is 0 Å². The highest BCUT2D eigenvalue weighted by Crippen LogP contribution is 2.26. The molecule has 6 nitrogen and oxygen atoms in total. The number of sulfonamides is 1. The normalized spacial score (nSPS) is 17.6. The van der Waals surface area contributed by atoms with Crippen LogP contribution in [0.25, 0.3) is 0 Å². The highest BCUT2D eigenvalue weighted by molar-refractivity contribution is 7.89. The molecule has 0 bridgehead atoms. The first kappa shape index (κ1) is 19.3. The fraction of sp³-hybridized carbons (Fsp3) is 0.316. The number of carbonyl (C=O) groups is 1. The molecule has 1 N–H and O–H groups in total. The number of hydrogen-bond donors (Lipinski definition) is 1. The average Bonchev–Trinajstić information content (AvgIpc) is 3.18. The molecular weight excluding hydrogens is 371 g/mol. The number of halogens is 1. The van der Waals surface area contributed by atoms with Crippen molar-refractivity contribution in [1.82, 2.24) is 9.62 Å². The summed E-state index contributed by atoms with van der Waals surface area (Å²) in [6.07, 6.45) is 1.05. The summed E-state index contributed by atoms with van der Waals surface area (Å²) >= 11 is 0. The Kier molecular flexibility index (Phi) is 5.76. The van der Waals surface area contributed by atoms with Crippen LogP contribution < -0.4 is 10.1 Å². The summed E-state index contributed by atoms with van der Waals surface area (Å²) in [4.78, 5) is 12.6. The molecule has 2 aromatic carbocycles. The molecule has 1 aliphatic heterocycles. The van der Waals surface area contributed by atoms with Gasteiger partial charge in [-0.2, -0.15) is 4.31 Å². The van der Waals surface area contributed by atoms with Crippen LogP contribution in [0.3, 0.4) is 0 Å². The van der Waals surface area contributed by atoms with Gasteiger partial charge < -0.3 is 10.1 Å². The Hall–Kier alpha value is -2.45. The van der Waals surface area contributed by atoms with Gasteiger partial charge in [0, 0.05) is 13.1 Å². The number of hydrogen-bond acceptors (Lipinski definition) is 4. The van der Waals surface area contributed by atoms with Gasteiger partial charge in [0.1, 0.15) is 17.6 Å². The fourth-order valence-corrected chi connectivity index (χ4v) is 4.74. The standard InChI is InChI=1S/C19H21FN2O4S/c1-26-16-8-4-14(5-9-16)13-21-19(23)18-3-2-12-22(18)27(24,25)17-10-6-15(20)7-11-17/h4-11,18H,2-3,12-13H2,1H3,(H,21,23)/t18-/m1/s1. The maximum Gasteiger partial charge on any atom is 0.243 e. The maximum atomic E-state index is 13.1. The van der Waals surface area contributed by atoms with E-state index in [4.69, 9.17) is 4.74 Å². The molecule has 0 spiro atoms. The molecule has 1 aliphatic rings. The first-order valence-corrected chi connectivity index (χ1v) is 10.0. The first-order valence-electron chi connectivity index (χ1n) is 8.60. The lowest BCUT2D eigenvalue weighted by Gasteiger charge is -2.23. The van der Waals surface area contributed by atoms with Crippen LogP contribution in [0.1, 0.15) is 18.4 Å². The molecule has 2 aromatic rings. The topological polar surface area (TPSA) is 75.7 Å². The van der Waals surface area contributed by atoms with Crippen molar-refractivity contribution in [3.05, 3.63) is 59.9 Å². The monoisotopic (exact) mass is 392 g/mol. The van der Waals surface area contributed by atoms with Crippen molar-refractivity contribution in [2.24, 2.45) is 0 Å². The second-order valence-electron chi connectivity index (χ2n) is 6.29. The summed E-state index contributed by atoms with van der Waals surface area (Å²) in [5, 5.41) is 2.80. The second kappa shape index (κ2) is 8.06.